The van der Waals surface area contributed by atoms with Gasteiger partial charge in [0.25, 0.3) is 5.69 Å². The smallest absolute Gasteiger partial charge is 0.352 e. The number of aromatic nitrogens is 1. The highest BCUT2D eigenvalue weighted by Gasteiger charge is 2.18. The molecular weight excluding hydrogens is 416 g/mol. The number of carboxylic acid groups (broad SMARTS) is 1. The Morgan fingerprint density at radius 3 is 2.79 bits per heavy atom. The van der Waals surface area contributed by atoms with Gasteiger partial charge >= 0.3 is 5.97 Å². The molecular formula is C19H15ClN4O4S. The van der Waals surface area contributed by atoms with E-state index < -0.39 is 10.9 Å². The molecule has 0 spiro atoms. The van der Waals surface area contributed by atoms with Crippen LogP contribution in [0.2, 0.25) is 5.02 Å². The van der Waals surface area contributed by atoms with E-state index in [0.717, 1.165) is 11.1 Å². The number of thiazole rings is 1. The second kappa shape index (κ2) is 8.80. The number of halogens is 1. The molecule has 148 valence electrons. The number of nitrogens with zero attached hydrogens (tertiary/aromatic N) is 3. The summed E-state index contributed by atoms with van der Waals surface area (Å²) in [6.45, 7) is 1.89. The number of anilines is 1. The lowest BCUT2D eigenvalue weighted by atomic mass is 10.1. The molecule has 0 aliphatic rings. The van der Waals surface area contributed by atoms with E-state index >= 15 is 0 Å². The average Bonchev–Trinajstić information content (AvgIpc) is 3.16. The molecule has 0 saturated carbocycles. The van der Waals surface area contributed by atoms with Crippen LogP contribution in [0.15, 0.2) is 52.9 Å². The number of rotatable bonds is 7. The Morgan fingerprint density at radius 1 is 1.34 bits per heavy atom. The second-order valence-electron chi connectivity index (χ2n) is 6.04. The molecule has 3 aromatic rings. The number of nitrogens with one attached hydrogen (secondary N) is 1. The molecule has 2 aromatic carbocycles. The molecule has 29 heavy (non-hydrogen) atoms. The number of para-hydroxylation sites is 1. The molecule has 0 saturated heterocycles. The van der Waals surface area contributed by atoms with E-state index in [9.17, 15) is 20.0 Å². The first kappa shape index (κ1) is 20.4. The summed E-state index contributed by atoms with van der Waals surface area (Å²) in [4.78, 5) is 26.5. The molecule has 0 aliphatic carbocycles. The zero-order valence-corrected chi connectivity index (χ0v) is 16.7. The van der Waals surface area contributed by atoms with Crippen LogP contribution < -0.4 is 5.43 Å². The number of nitro groups is 1. The van der Waals surface area contributed by atoms with E-state index in [1.54, 1.807) is 12.1 Å². The number of benzene rings is 2. The number of aliphatic carboxylic acids is 1. The van der Waals surface area contributed by atoms with Gasteiger partial charge in [0.15, 0.2) is 0 Å². The number of carboxylic acids is 1. The van der Waals surface area contributed by atoms with Crippen molar-refractivity contribution in [1.82, 2.24) is 4.98 Å². The Labute approximate surface area is 174 Å². The molecule has 10 heteroatoms. The fourth-order valence-electron chi connectivity index (χ4n) is 2.56. The van der Waals surface area contributed by atoms with Crippen LogP contribution in [0, 0.1) is 17.0 Å². The number of nitro benzene ring substituents is 1. The van der Waals surface area contributed by atoms with Crippen molar-refractivity contribution in [1.29, 1.82) is 0 Å². The van der Waals surface area contributed by atoms with E-state index in [4.69, 9.17) is 11.6 Å². The van der Waals surface area contributed by atoms with Crippen LogP contribution in [-0.4, -0.2) is 26.7 Å². The number of hydrazone groups is 1. The van der Waals surface area contributed by atoms with Crippen LogP contribution in [0.1, 0.15) is 11.1 Å². The predicted octanol–water partition coefficient (Wildman–Crippen LogP) is 4.78. The molecule has 0 bridgehead atoms. The quantitative estimate of drug-likeness (QED) is 0.316. The number of aryl methyl sites for hydroxylation is 1. The highest BCUT2D eigenvalue weighted by molar-refractivity contribution is 7.14. The van der Waals surface area contributed by atoms with E-state index in [0.29, 0.717) is 15.8 Å². The molecule has 2 N–H and O–H groups in total. The van der Waals surface area contributed by atoms with E-state index in [-0.39, 0.29) is 23.4 Å². The summed E-state index contributed by atoms with van der Waals surface area (Å²) in [7, 11) is 0. The topological polar surface area (TPSA) is 118 Å². The molecule has 0 atom stereocenters. The third kappa shape index (κ3) is 4.95. The van der Waals surface area contributed by atoms with Gasteiger partial charge < -0.3 is 5.11 Å². The normalized spacial score (nSPS) is 11.3. The van der Waals surface area contributed by atoms with Gasteiger partial charge in [-0.25, -0.2) is 9.78 Å². The van der Waals surface area contributed by atoms with Crippen molar-refractivity contribution in [2.75, 3.05) is 5.43 Å². The van der Waals surface area contributed by atoms with Crippen LogP contribution in [0.4, 0.5) is 10.8 Å². The Kier molecular flexibility index (Phi) is 6.20. The first-order valence-corrected chi connectivity index (χ1v) is 9.61. The maximum absolute atomic E-state index is 11.5. The van der Waals surface area contributed by atoms with E-state index in [1.165, 1.54) is 29.5 Å². The van der Waals surface area contributed by atoms with Gasteiger partial charge in [0.1, 0.15) is 5.71 Å². The molecule has 0 aliphatic heterocycles. The Morgan fingerprint density at radius 2 is 2.10 bits per heavy atom. The van der Waals surface area contributed by atoms with Gasteiger partial charge in [0, 0.05) is 34.0 Å². The molecule has 8 nitrogen and oxygen atoms in total. The van der Waals surface area contributed by atoms with Crippen LogP contribution in [0.25, 0.3) is 11.3 Å². The lowest BCUT2D eigenvalue weighted by molar-refractivity contribution is -0.385. The standard InChI is InChI=1S/C19H15ClN4O4S/c1-11-8-12(6-7-14(11)20)16-10-29-19(21-16)23-22-15(18(25)26)9-13-4-2-3-5-17(13)24(27)28/h2-8,10H,9H2,1H3,(H,21,23)(H,25,26)/b22-15+. The van der Waals surface area contributed by atoms with Crippen molar-refractivity contribution in [3.05, 3.63) is 74.1 Å². The summed E-state index contributed by atoms with van der Waals surface area (Å²) in [6, 6.07) is 11.5. The van der Waals surface area contributed by atoms with Crippen LogP contribution >= 0.6 is 22.9 Å². The molecule has 0 fully saturated rings. The third-order valence-electron chi connectivity index (χ3n) is 4.04. The zero-order valence-electron chi connectivity index (χ0n) is 15.1. The Balaban J connectivity index is 1.80. The molecule has 0 unspecified atom stereocenters. The molecule has 0 radical (unpaired) electrons. The van der Waals surface area contributed by atoms with Crippen molar-refractivity contribution >= 4 is 45.4 Å². The maximum Gasteiger partial charge on any atom is 0.352 e. The van der Waals surface area contributed by atoms with E-state index in [1.807, 2.05) is 24.4 Å². The fraction of sp³-hybridized carbons (Fsp3) is 0.105. The summed E-state index contributed by atoms with van der Waals surface area (Å²) >= 11 is 7.30. The van der Waals surface area contributed by atoms with Gasteiger partial charge in [0.2, 0.25) is 5.13 Å². The zero-order chi connectivity index (χ0) is 21.0. The summed E-state index contributed by atoms with van der Waals surface area (Å²) in [5, 5.41) is 27.3. The van der Waals surface area contributed by atoms with Crippen molar-refractivity contribution in [2.45, 2.75) is 13.3 Å². The first-order valence-electron chi connectivity index (χ1n) is 8.35. The van der Waals surface area contributed by atoms with E-state index in [2.05, 4.69) is 15.5 Å². The number of carbonyl (C=O) groups is 1. The van der Waals surface area contributed by atoms with Crippen molar-refractivity contribution in [3.8, 4) is 11.3 Å². The lowest BCUT2D eigenvalue weighted by Gasteiger charge is -2.04. The van der Waals surface area contributed by atoms with Crippen LogP contribution in [-0.2, 0) is 11.2 Å². The van der Waals surface area contributed by atoms with Crippen molar-refractivity contribution < 1.29 is 14.8 Å². The monoisotopic (exact) mass is 430 g/mol. The van der Waals surface area contributed by atoms with Gasteiger partial charge in [-0.3, -0.25) is 15.5 Å². The van der Waals surface area contributed by atoms with Gasteiger partial charge in [-0.05, 0) is 24.6 Å². The second-order valence-corrected chi connectivity index (χ2v) is 7.31. The van der Waals surface area contributed by atoms with Crippen molar-refractivity contribution in [3.63, 3.8) is 0 Å². The molecule has 3 rings (SSSR count). The summed E-state index contributed by atoms with van der Waals surface area (Å²) in [6.07, 6.45) is -0.200. The minimum atomic E-state index is -1.28. The lowest BCUT2D eigenvalue weighted by Crippen LogP contribution is -2.18. The van der Waals surface area contributed by atoms with Gasteiger partial charge in [-0.2, -0.15) is 5.10 Å². The maximum atomic E-state index is 11.5. The van der Waals surface area contributed by atoms with Gasteiger partial charge in [-0.15, -0.1) is 11.3 Å². The fourth-order valence-corrected chi connectivity index (χ4v) is 3.34. The minimum absolute atomic E-state index is 0.156. The van der Waals surface area contributed by atoms with Crippen molar-refractivity contribution in [2.24, 2.45) is 5.10 Å². The summed E-state index contributed by atoms with van der Waals surface area (Å²) in [5.41, 5.74) is 4.96. The predicted molar refractivity (Wildman–Crippen MR) is 113 cm³/mol. The largest absolute Gasteiger partial charge is 0.477 e. The highest BCUT2D eigenvalue weighted by Crippen LogP contribution is 2.28. The van der Waals surface area contributed by atoms with Gasteiger partial charge in [0.05, 0.1) is 10.6 Å². The average molecular weight is 431 g/mol. The van der Waals surface area contributed by atoms with Crippen LogP contribution in [0.5, 0.6) is 0 Å². The third-order valence-corrected chi connectivity index (χ3v) is 5.21. The molecule has 0 amide bonds. The Hall–Kier alpha value is -3.30. The number of hydrogen-bond acceptors (Lipinski definition) is 7. The Bertz CT molecular complexity index is 1110. The summed E-state index contributed by atoms with van der Waals surface area (Å²) in [5.74, 6) is -1.28. The van der Waals surface area contributed by atoms with Crippen LogP contribution in [0.3, 0.4) is 0 Å². The molecule has 1 aromatic heterocycles. The molecule has 1 heterocycles. The minimum Gasteiger partial charge on any atom is -0.477 e. The SMILES string of the molecule is Cc1cc(-c2csc(N/N=C(\Cc3ccccc3[N+](=O)[O-])C(=O)O)n2)ccc1Cl. The van der Waals surface area contributed by atoms with Gasteiger partial charge in [-0.1, -0.05) is 35.9 Å². The first-order chi connectivity index (χ1) is 13.8. The number of hydrogen-bond donors (Lipinski definition) is 2. The highest BCUT2D eigenvalue weighted by atomic mass is 35.5. The summed E-state index contributed by atoms with van der Waals surface area (Å²) < 4.78 is 0.